The molecule has 0 radical (unpaired) electrons. The van der Waals surface area contributed by atoms with Gasteiger partial charge in [-0.1, -0.05) is 30.3 Å². The molecule has 1 heterocycles. The lowest BCUT2D eigenvalue weighted by Crippen LogP contribution is -2.10. The molecule has 0 aliphatic rings. The molecule has 0 aliphatic carbocycles. The van der Waals surface area contributed by atoms with Crippen LogP contribution in [0.1, 0.15) is 17.0 Å². The number of carbonyl (C=O) groups is 1. The van der Waals surface area contributed by atoms with Gasteiger partial charge < -0.3 is 18.9 Å². The first kappa shape index (κ1) is 22.5. The highest BCUT2D eigenvalue weighted by Gasteiger charge is 2.23. The number of carbonyl (C=O) groups excluding carboxylic acids is 1. The first-order valence-electron chi connectivity index (χ1n) is 10.2. The summed E-state index contributed by atoms with van der Waals surface area (Å²) in [6.45, 7) is 0. The average Bonchev–Trinajstić information content (AvgIpc) is 2.84. The maximum Gasteiger partial charge on any atom is 0.197 e. The van der Waals surface area contributed by atoms with Crippen LogP contribution < -0.4 is 18.9 Å². The fourth-order valence-corrected chi connectivity index (χ4v) is 4.04. The first-order chi connectivity index (χ1) is 16.0. The third-order valence-corrected chi connectivity index (χ3v) is 5.60. The number of ether oxygens (including phenoxy) is 4. The van der Waals surface area contributed by atoms with Gasteiger partial charge in [0.1, 0.15) is 17.2 Å². The summed E-state index contributed by atoms with van der Waals surface area (Å²) in [5.41, 5.74) is 2.27. The highest BCUT2D eigenvalue weighted by Crippen LogP contribution is 2.38. The van der Waals surface area contributed by atoms with Crippen molar-refractivity contribution >= 4 is 28.6 Å². The van der Waals surface area contributed by atoms with E-state index in [-0.39, 0.29) is 5.12 Å². The molecule has 1 atom stereocenters. The number of rotatable bonds is 8. The van der Waals surface area contributed by atoms with E-state index in [1.165, 1.54) is 0 Å². The first-order valence-corrected chi connectivity index (χ1v) is 10.6. The second-order valence-electron chi connectivity index (χ2n) is 7.22. The van der Waals surface area contributed by atoms with Crippen molar-refractivity contribution in [1.82, 2.24) is 4.98 Å². The van der Waals surface area contributed by atoms with E-state index in [4.69, 9.17) is 18.9 Å². The van der Waals surface area contributed by atoms with Gasteiger partial charge in [0.2, 0.25) is 0 Å². The minimum atomic E-state index is -0.558. The molecule has 4 rings (SSSR count). The summed E-state index contributed by atoms with van der Waals surface area (Å²) >= 11 is 4.13. The van der Waals surface area contributed by atoms with Crippen LogP contribution in [0.3, 0.4) is 0 Å². The zero-order valence-corrected chi connectivity index (χ0v) is 19.3. The molecule has 0 saturated heterocycles. The normalized spacial score (nSPS) is 11.6. The van der Waals surface area contributed by atoms with Gasteiger partial charge in [0.05, 0.1) is 32.8 Å². The van der Waals surface area contributed by atoms with Crippen molar-refractivity contribution in [1.29, 1.82) is 0 Å². The van der Waals surface area contributed by atoms with Crippen molar-refractivity contribution in [3.63, 3.8) is 0 Å². The second-order valence-corrected chi connectivity index (χ2v) is 7.66. The molecular formula is C26H23NO5S. The molecule has 6 nitrogen and oxygen atoms in total. The molecule has 4 aromatic rings. The van der Waals surface area contributed by atoms with E-state index < -0.39 is 5.92 Å². The third-order valence-electron chi connectivity index (χ3n) is 5.34. The summed E-state index contributed by atoms with van der Waals surface area (Å²) in [7, 11) is 4.75. The van der Waals surface area contributed by atoms with Crippen LogP contribution in [0, 0.1) is 0 Å². The summed E-state index contributed by atoms with van der Waals surface area (Å²) in [4.78, 5) is 16.8. The quantitative estimate of drug-likeness (QED) is 0.343. The summed E-state index contributed by atoms with van der Waals surface area (Å²) in [6.07, 6.45) is 1.68. The smallest absolute Gasteiger partial charge is 0.197 e. The van der Waals surface area contributed by atoms with Gasteiger partial charge in [-0.15, -0.1) is 12.6 Å². The molecule has 0 aliphatic heterocycles. The van der Waals surface area contributed by atoms with Gasteiger partial charge in [0.15, 0.2) is 16.6 Å². The van der Waals surface area contributed by atoms with E-state index in [1.54, 1.807) is 39.7 Å². The number of para-hydroxylation sites is 1. The van der Waals surface area contributed by atoms with Gasteiger partial charge in [-0.3, -0.25) is 9.78 Å². The van der Waals surface area contributed by atoms with Crippen molar-refractivity contribution in [3.8, 4) is 28.7 Å². The van der Waals surface area contributed by atoms with E-state index in [0.717, 1.165) is 22.0 Å². The summed E-state index contributed by atoms with van der Waals surface area (Å²) in [5, 5.41) is 0.519. The van der Waals surface area contributed by atoms with Crippen molar-refractivity contribution < 1.29 is 23.7 Å². The van der Waals surface area contributed by atoms with E-state index >= 15 is 0 Å². The highest BCUT2D eigenvalue weighted by molar-refractivity contribution is 7.96. The summed E-state index contributed by atoms with van der Waals surface area (Å²) < 4.78 is 22.4. The van der Waals surface area contributed by atoms with Crippen molar-refractivity contribution in [2.45, 2.75) is 5.92 Å². The van der Waals surface area contributed by atoms with Gasteiger partial charge in [-0.25, -0.2) is 0 Å². The Labute approximate surface area is 197 Å². The molecule has 3 aromatic carbocycles. The Hall–Kier alpha value is -3.71. The Morgan fingerprint density at radius 2 is 1.48 bits per heavy atom. The Morgan fingerprint density at radius 1 is 0.818 bits per heavy atom. The number of nitrogens with zero attached hydrogens (tertiary/aromatic N) is 1. The van der Waals surface area contributed by atoms with Crippen molar-refractivity contribution in [2.75, 3.05) is 21.3 Å². The third kappa shape index (κ3) is 4.59. The largest absolute Gasteiger partial charge is 0.496 e. The molecule has 0 bridgehead atoms. The lowest BCUT2D eigenvalue weighted by atomic mass is 9.91. The van der Waals surface area contributed by atoms with Crippen LogP contribution in [0.5, 0.6) is 28.7 Å². The van der Waals surface area contributed by atoms with Gasteiger partial charge in [-0.2, -0.15) is 0 Å². The van der Waals surface area contributed by atoms with Crippen LogP contribution in [0.15, 0.2) is 72.9 Å². The van der Waals surface area contributed by atoms with Gasteiger partial charge in [-0.05, 0) is 35.9 Å². The average molecular weight is 462 g/mol. The molecule has 0 spiro atoms. The monoisotopic (exact) mass is 461 g/mol. The number of aromatic nitrogens is 1. The van der Waals surface area contributed by atoms with Crippen LogP contribution in [-0.2, 0) is 4.79 Å². The summed E-state index contributed by atoms with van der Waals surface area (Å²) in [6, 6.07) is 20.2. The minimum Gasteiger partial charge on any atom is -0.496 e. The van der Waals surface area contributed by atoms with E-state index in [0.29, 0.717) is 28.7 Å². The Balaban J connectivity index is 1.66. The fourth-order valence-electron chi connectivity index (χ4n) is 3.75. The van der Waals surface area contributed by atoms with Crippen LogP contribution in [0.2, 0.25) is 0 Å². The van der Waals surface area contributed by atoms with Crippen molar-refractivity contribution in [3.05, 3.63) is 84.1 Å². The van der Waals surface area contributed by atoms with Crippen LogP contribution in [0.4, 0.5) is 0 Å². The maximum absolute atomic E-state index is 12.4. The van der Waals surface area contributed by atoms with Crippen molar-refractivity contribution in [2.24, 2.45) is 0 Å². The number of methoxy groups -OCH3 is 3. The molecule has 168 valence electrons. The van der Waals surface area contributed by atoms with Gasteiger partial charge in [0, 0.05) is 23.2 Å². The lowest BCUT2D eigenvalue weighted by Gasteiger charge is -2.18. The van der Waals surface area contributed by atoms with Crippen LogP contribution in [0.25, 0.3) is 10.9 Å². The Morgan fingerprint density at radius 3 is 2.15 bits per heavy atom. The molecule has 1 unspecified atom stereocenters. The Bertz CT molecular complexity index is 1290. The number of pyridine rings is 1. The molecule has 0 N–H and O–H groups in total. The predicted molar refractivity (Wildman–Crippen MR) is 130 cm³/mol. The molecular weight excluding hydrogens is 438 g/mol. The fraction of sp³-hybridized carbons (Fsp3) is 0.154. The molecule has 1 aromatic heterocycles. The zero-order valence-electron chi connectivity index (χ0n) is 18.4. The molecule has 7 heteroatoms. The Kier molecular flexibility index (Phi) is 6.70. The lowest BCUT2D eigenvalue weighted by molar-refractivity contribution is -0.111. The van der Waals surface area contributed by atoms with Gasteiger partial charge >= 0.3 is 0 Å². The maximum atomic E-state index is 12.4. The van der Waals surface area contributed by atoms with Gasteiger partial charge in [0.25, 0.3) is 0 Å². The predicted octanol–water partition coefficient (Wildman–Crippen LogP) is 5.64. The zero-order chi connectivity index (χ0) is 23.4. The number of fused-ring (bicyclic) bond motifs is 1. The number of thiol groups is 1. The number of benzene rings is 3. The second kappa shape index (κ2) is 9.83. The molecule has 0 saturated carbocycles. The van der Waals surface area contributed by atoms with E-state index in [2.05, 4.69) is 17.6 Å². The number of hydrogen-bond donors (Lipinski definition) is 1. The SMILES string of the molecule is COc1cc2nccc(Oc3ccc(C(C(=O)S)c4ccccc4OC)cc3)c2cc1OC. The molecule has 0 amide bonds. The topological polar surface area (TPSA) is 66.9 Å². The minimum absolute atomic E-state index is 0.269. The van der Waals surface area contributed by atoms with Crippen LogP contribution >= 0.6 is 12.6 Å². The van der Waals surface area contributed by atoms with E-state index in [9.17, 15) is 4.79 Å². The van der Waals surface area contributed by atoms with E-state index in [1.807, 2.05) is 54.6 Å². The highest BCUT2D eigenvalue weighted by atomic mass is 32.1. The molecule has 33 heavy (non-hydrogen) atoms. The van der Waals surface area contributed by atoms with Crippen LogP contribution in [-0.4, -0.2) is 31.4 Å². The standard InChI is InChI=1S/C26H23NO5S/c1-29-21-7-5-4-6-18(21)25(26(28)33)16-8-10-17(11-9-16)32-22-12-13-27-20-15-24(31-3)23(30-2)14-19(20)22/h4-15,25H,1-3H3,(H,28,33). The summed E-state index contributed by atoms with van der Waals surface area (Å²) in [5.74, 6) is 2.50. The molecule has 0 fully saturated rings. The number of hydrogen-bond acceptors (Lipinski definition) is 6.